The Bertz CT molecular complexity index is 401. The lowest BCUT2D eigenvalue weighted by molar-refractivity contribution is 0.662. The van der Waals surface area contributed by atoms with Gasteiger partial charge < -0.3 is 5.32 Å². The molecule has 1 N–H and O–H groups in total. The second kappa shape index (κ2) is 4.21. The molecule has 1 aromatic rings. The molecular weight excluding hydrogens is 222 g/mol. The Hall–Kier alpha value is -0.830. The van der Waals surface area contributed by atoms with Crippen LogP contribution in [-0.4, -0.2) is 16.5 Å². The van der Waals surface area contributed by atoms with Crippen molar-refractivity contribution >= 4 is 17.5 Å². The molecule has 0 atom stereocenters. The summed E-state index contributed by atoms with van der Waals surface area (Å²) in [6.45, 7) is 0.995. The van der Waals surface area contributed by atoms with Crippen molar-refractivity contribution in [3.8, 4) is 0 Å². The van der Waals surface area contributed by atoms with Gasteiger partial charge >= 0.3 is 0 Å². The normalized spacial score (nSPS) is 19.3. The van der Waals surface area contributed by atoms with Gasteiger partial charge in [0, 0.05) is 12.1 Å². The van der Waals surface area contributed by atoms with Crippen molar-refractivity contribution in [1.82, 2.24) is 9.97 Å². The van der Waals surface area contributed by atoms with Gasteiger partial charge in [-0.15, -0.1) is 0 Å². The molecular formula is C12H16ClN3. The van der Waals surface area contributed by atoms with E-state index in [0.29, 0.717) is 5.15 Å². The standard InChI is InChI=1S/C12H16ClN3/c13-11-9-3-1-2-4-10(9)15-12(16-11)14-7-8-5-6-8/h8H,1-7H2,(H,14,15,16). The van der Waals surface area contributed by atoms with Crippen LogP contribution in [-0.2, 0) is 12.8 Å². The van der Waals surface area contributed by atoms with Gasteiger partial charge in [-0.2, -0.15) is 0 Å². The average Bonchev–Trinajstić information content (AvgIpc) is 3.10. The first-order valence-corrected chi connectivity index (χ1v) is 6.50. The minimum Gasteiger partial charge on any atom is -0.354 e. The number of rotatable bonds is 3. The maximum atomic E-state index is 6.19. The number of hydrogen-bond acceptors (Lipinski definition) is 3. The predicted molar refractivity (Wildman–Crippen MR) is 64.9 cm³/mol. The van der Waals surface area contributed by atoms with E-state index in [4.69, 9.17) is 11.6 Å². The summed E-state index contributed by atoms with van der Waals surface area (Å²) in [5.74, 6) is 1.55. The van der Waals surface area contributed by atoms with E-state index in [1.165, 1.54) is 31.2 Å². The smallest absolute Gasteiger partial charge is 0.224 e. The third kappa shape index (κ3) is 2.14. The van der Waals surface area contributed by atoms with Crippen molar-refractivity contribution < 1.29 is 0 Å². The Kier molecular flexibility index (Phi) is 2.72. The molecule has 0 radical (unpaired) electrons. The molecule has 86 valence electrons. The Balaban J connectivity index is 1.80. The van der Waals surface area contributed by atoms with Gasteiger partial charge in [-0.25, -0.2) is 9.97 Å². The largest absolute Gasteiger partial charge is 0.354 e. The SMILES string of the molecule is Clc1nc(NCC2CC2)nc2c1CCCC2. The summed E-state index contributed by atoms with van der Waals surface area (Å²) >= 11 is 6.19. The zero-order chi connectivity index (χ0) is 11.0. The fraction of sp³-hybridized carbons (Fsp3) is 0.667. The fourth-order valence-corrected chi connectivity index (χ4v) is 2.47. The number of nitrogens with one attached hydrogen (secondary N) is 1. The van der Waals surface area contributed by atoms with Crippen LogP contribution >= 0.6 is 11.6 Å². The predicted octanol–water partition coefficient (Wildman–Crippen LogP) is 2.83. The Labute approximate surface area is 101 Å². The molecule has 0 aliphatic heterocycles. The molecule has 0 saturated heterocycles. The van der Waals surface area contributed by atoms with E-state index in [2.05, 4.69) is 15.3 Å². The maximum Gasteiger partial charge on any atom is 0.224 e. The van der Waals surface area contributed by atoms with Gasteiger partial charge in [-0.05, 0) is 44.4 Å². The number of hydrogen-bond donors (Lipinski definition) is 1. The van der Waals surface area contributed by atoms with E-state index in [1.807, 2.05) is 0 Å². The van der Waals surface area contributed by atoms with Gasteiger partial charge in [-0.3, -0.25) is 0 Å². The number of aryl methyl sites for hydroxylation is 1. The molecule has 0 unspecified atom stereocenters. The zero-order valence-electron chi connectivity index (χ0n) is 9.30. The quantitative estimate of drug-likeness (QED) is 0.822. The molecule has 2 aliphatic carbocycles. The van der Waals surface area contributed by atoms with Gasteiger partial charge in [0.25, 0.3) is 0 Å². The highest BCUT2D eigenvalue weighted by Crippen LogP contribution is 2.30. The van der Waals surface area contributed by atoms with E-state index in [-0.39, 0.29) is 0 Å². The second-order valence-corrected chi connectivity index (χ2v) is 5.15. The molecule has 4 heteroatoms. The highest BCUT2D eigenvalue weighted by molar-refractivity contribution is 6.30. The van der Waals surface area contributed by atoms with Gasteiger partial charge in [0.15, 0.2) is 0 Å². The summed E-state index contributed by atoms with van der Waals surface area (Å²) in [4.78, 5) is 8.90. The fourth-order valence-electron chi connectivity index (χ4n) is 2.18. The number of anilines is 1. The van der Waals surface area contributed by atoms with Crippen LogP contribution < -0.4 is 5.32 Å². The molecule has 1 heterocycles. The minimum atomic E-state index is 0.656. The van der Waals surface area contributed by atoms with E-state index < -0.39 is 0 Å². The molecule has 1 fully saturated rings. The lowest BCUT2D eigenvalue weighted by Gasteiger charge is -2.16. The molecule has 0 amide bonds. The topological polar surface area (TPSA) is 37.8 Å². The maximum absolute atomic E-state index is 6.19. The summed E-state index contributed by atoms with van der Waals surface area (Å²) in [6.07, 6.45) is 7.21. The van der Waals surface area contributed by atoms with Crippen LogP contribution in [0.2, 0.25) is 5.15 Å². The van der Waals surface area contributed by atoms with Gasteiger partial charge in [0.2, 0.25) is 5.95 Å². The second-order valence-electron chi connectivity index (χ2n) is 4.79. The molecule has 16 heavy (non-hydrogen) atoms. The highest BCUT2D eigenvalue weighted by Gasteiger charge is 2.22. The first-order chi connectivity index (χ1) is 7.83. The van der Waals surface area contributed by atoms with E-state index in [9.17, 15) is 0 Å². The molecule has 3 rings (SSSR count). The van der Waals surface area contributed by atoms with Gasteiger partial charge in [-0.1, -0.05) is 11.6 Å². The van der Waals surface area contributed by atoms with Crippen LogP contribution in [0.25, 0.3) is 0 Å². The first kappa shape index (κ1) is 10.3. The summed E-state index contributed by atoms with van der Waals surface area (Å²) in [7, 11) is 0. The van der Waals surface area contributed by atoms with Gasteiger partial charge in [0.05, 0.1) is 5.69 Å². The number of aromatic nitrogens is 2. The highest BCUT2D eigenvalue weighted by atomic mass is 35.5. The van der Waals surface area contributed by atoms with Crippen LogP contribution in [0.1, 0.15) is 36.9 Å². The molecule has 2 aliphatic rings. The molecule has 1 aromatic heterocycles. The zero-order valence-corrected chi connectivity index (χ0v) is 10.1. The number of nitrogens with zero attached hydrogens (tertiary/aromatic N) is 2. The molecule has 1 saturated carbocycles. The Morgan fingerprint density at radius 1 is 1.19 bits per heavy atom. The van der Waals surface area contributed by atoms with Crippen molar-refractivity contribution in [2.75, 3.05) is 11.9 Å². The van der Waals surface area contributed by atoms with Crippen LogP contribution in [0.15, 0.2) is 0 Å². The van der Waals surface area contributed by atoms with Crippen molar-refractivity contribution in [3.05, 3.63) is 16.4 Å². The lowest BCUT2D eigenvalue weighted by Crippen LogP contribution is -2.13. The van der Waals surface area contributed by atoms with E-state index in [1.54, 1.807) is 0 Å². The molecule has 3 nitrogen and oxygen atoms in total. The minimum absolute atomic E-state index is 0.656. The molecule has 0 aromatic carbocycles. The van der Waals surface area contributed by atoms with E-state index >= 15 is 0 Å². The summed E-state index contributed by atoms with van der Waals surface area (Å²) in [6, 6.07) is 0. The van der Waals surface area contributed by atoms with Crippen LogP contribution in [0.4, 0.5) is 5.95 Å². The monoisotopic (exact) mass is 237 g/mol. The van der Waals surface area contributed by atoms with Gasteiger partial charge in [0.1, 0.15) is 5.15 Å². The van der Waals surface area contributed by atoms with Crippen LogP contribution in [0.3, 0.4) is 0 Å². The summed E-state index contributed by atoms with van der Waals surface area (Å²) in [5.41, 5.74) is 2.33. The number of halogens is 1. The van der Waals surface area contributed by atoms with Crippen LogP contribution in [0.5, 0.6) is 0 Å². The van der Waals surface area contributed by atoms with Crippen molar-refractivity contribution in [2.45, 2.75) is 38.5 Å². The first-order valence-electron chi connectivity index (χ1n) is 6.12. The molecule has 0 bridgehead atoms. The lowest BCUT2D eigenvalue weighted by atomic mass is 9.97. The van der Waals surface area contributed by atoms with Crippen LogP contribution in [0, 0.1) is 5.92 Å². The van der Waals surface area contributed by atoms with Crippen molar-refractivity contribution in [3.63, 3.8) is 0 Å². The van der Waals surface area contributed by atoms with E-state index in [0.717, 1.165) is 36.9 Å². The molecule has 0 spiro atoms. The Morgan fingerprint density at radius 2 is 2.00 bits per heavy atom. The third-order valence-corrected chi connectivity index (χ3v) is 3.69. The van der Waals surface area contributed by atoms with Crippen molar-refractivity contribution in [1.29, 1.82) is 0 Å². The Morgan fingerprint density at radius 3 is 2.81 bits per heavy atom. The summed E-state index contributed by atoms with van der Waals surface area (Å²) in [5, 5.41) is 3.95. The third-order valence-electron chi connectivity index (χ3n) is 3.38. The van der Waals surface area contributed by atoms with Crippen molar-refractivity contribution in [2.24, 2.45) is 5.92 Å². The number of fused-ring (bicyclic) bond motifs is 1. The average molecular weight is 238 g/mol. The summed E-state index contributed by atoms with van der Waals surface area (Å²) < 4.78 is 0.